The summed E-state index contributed by atoms with van der Waals surface area (Å²) in [5.41, 5.74) is 0. The van der Waals surface area contributed by atoms with Crippen molar-refractivity contribution < 1.29 is 15.0 Å². The Balaban J connectivity index is 3.50. The van der Waals surface area contributed by atoms with Gasteiger partial charge in [0.15, 0.2) is 5.78 Å². The third-order valence-corrected chi connectivity index (χ3v) is 3.17. The van der Waals surface area contributed by atoms with Crippen LogP contribution in [0.5, 0.6) is 0 Å². The maximum Gasteiger partial charge on any atom is 0.186 e. The third-order valence-electron chi connectivity index (χ3n) is 3.17. The lowest BCUT2D eigenvalue weighted by atomic mass is 10.1. The standard InChI is InChI=1S/C19H28O3/c1-2-3-4-5-6-7-8-9-10-11-12-13-14-15-16-18(21)19(22)17-20/h7-8,18,20-21H,2-4,11-17H2,1H3. The maximum absolute atomic E-state index is 10.9. The van der Waals surface area contributed by atoms with Gasteiger partial charge in [-0.05, 0) is 31.4 Å². The Hall–Kier alpha value is -1.55. The fraction of sp³-hybridized carbons (Fsp3) is 0.632. The molecule has 0 saturated carbocycles. The summed E-state index contributed by atoms with van der Waals surface area (Å²) in [4.78, 5) is 10.9. The van der Waals surface area contributed by atoms with Crippen molar-refractivity contribution in [2.75, 3.05) is 6.61 Å². The van der Waals surface area contributed by atoms with E-state index in [-0.39, 0.29) is 0 Å². The van der Waals surface area contributed by atoms with Gasteiger partial charge in [-0.1, -0.05) is 56.3 Å². The summed E-state index contributed by atoms with van der Waals surface area (Å²) in [6.45, 7) is 1.58. The van der Waals surface area contributed by atoms with E-state index in [1.165, 1.54) is 6.42 Å². The van der Waals surface area contributed by atoms with Crippen LogP contribution in [0.4, 0.5) is 0 Å². The van der Waals surface area contributed by atoms with Crippen molar-refractivity contribution in [1.82, 2.24) is 0 Å². The predicted molar refractivity (Wildman–Crippen MR) is 90.0 cm³/mol. The van der Waals surface area contributed by atoms with Crippen molar-refractivity contribution in [2.24, 2.45) is 0 Å². The van der Waals surface area contributed by atoms with Gasteiger partial charge in [0.2, 0.25) is 0 Å². The van der Waals surface area contributed by atoms with Crippen LogP contribution in [-0.2, 0) is 4.79 Å². The van der Waals surface area contributed by atoms with E-state index in [9.17, 15) is 9.90 Å². The Morgan fingerprint density at radius 3 is 2.18 bits per heavy atom. The molecule has 0 saturated heterocycles. The zero-order valence-corrected chi connectivity index (χ0v) is 13.6. The molecule has 0 aromatic carbocycles. The number of carbonyl (C=O) groups excluding carboxylic acids is 1. The molecule has 0 aromatic heterocycles. The Morgan fingerprint density at radius 2 is 1.59 bits per heavy atom. The van der Waals surface area contributed by atoms with Crippen LogP contribution in [-0.4, -0.2) is 28.7 Å². The Bertz CT molecular complexity index is 429. The van der Waals surface area contributed by atoms with Crippen LogP contribution >= 0.6 is 0 Å². The monoisotopic (exact) mass is 304 g/mol. The number of ketones is 1. The minimum atomic E-state index is -1.01. The molecule has 1 unspecified atom stereocenters. The molecule has 0 rings (SSSR count). The lowest BCUT2D eigenvalue weighted by molar-refractivity contribution is -0.130. The van der Waals surface area contributed by atoms with E-state index in [2.05, 4.69) is 30.6 Å². The Morgan fingerprint density at radius 1 is 1.00 bits per heavy atom. The molecule has 0 aromatic rings. The van der Waals surface area contributed by atoms with Crippen LogP contribution in [0, 0.1) is 23.7 Å². The van der Waals surface area contributed by atoms with Crippen molar-refractivity contribution in [3.8, 4) is 23.7 Å². The lowest BCUT2D eigenvalue weighted by Crippen LogP contribution is -2.23. The van der Waals surface area contributed by atoms with Gasteiger partial charge in [-0.3, -0.25) is 4.79 Å². The van der Waals surface area contributed by atoms with Gasteiger partial charge in [0.25, 0.3) is 0 Å². The van der Waals surface area contributed by atoms with Crippen molar-refractivity contribution in [3.63, 3.8) is 0 Å². The molecule has 3 heteroatoms. The van der Waals surface area contributed by atoms with Gasteiger partial charge < -0.3 is 10.2 Å². The maximum atomic E-state index is 10.9. The summed E-state index contributed by atoms with van der Waals surface area (Å²) in [7, 11) is 0. The number of carbonyl (C=O) groups is 1. The van der Waals surface area contributed by atoms with E-state index in [0.29, 0.717) is 6.42 Å². The molecule has 0 aliphatic heterocycles. The number of unbranched alkanes of at least 4 members (excludes halogenated alkanes) is 6. The highest BCUT2D eigenvalue weighted by Crippen LogP contribution is 2.07. The molecule has 0 heterocycles. The number of aliphatic hydroxyl groups excluding tert-OH is 2. The van der Waals surface area contributed by atoms with E-state index in [0.717, 1.165) is 44.9 Å². The highest BCUT2D eigenvalue weighted by atomic mass is 16.3. The molecule has 0 spiro atoms. The molecular weight excluding hydrogens is 276 g/mol. The van der Waals surface area contributed by atoms with Gasteiger partial charge in [0.05, 0.1) is 0 Å². The van der Waals surface area contributed by atoms with E-state index < -0.39 is 18.5 Å². The first-order chi connectivity index (χ1) is 10.7. The number of aliphatic hydroxyl groups is 2. The molecule has 0 aliphatic rings. The minimum absolute atomic E-state index is 0.435. The summed E-state index contributed by atoms with van der Waals surface area (Å²) in [5.74, 6) is 11.6. The molecule has 0 bridgehead atoms. The van der Waals surface area contributed by atoms with Crippen molar-refractivity contribution in [2.45, 2.75) is 70.8 Å². The number of hydrogen-bond acceptors (Lipinski definition) is 3. The number of Topliss-reactive ketones (excluding diaryl/α,β-unsaturated/α-hetero) is 1. The highest BCUT2D eigenvalue weighted by molar-refractivity contribution is 5.83. The summed E-state index contributed by atoms with van der Waals surface area (Å²) in [6, 6.07) is 0. The average molecular weight is 304 g/mol. The van der Waals surface area contributed by atoms with Crippen molar-refractivity contribution >= 4 is 5.78 Å². The Kier molecular flexibility index (Phi) is 14.7. The first kappa shape index (κ1) is 20.5. The Labute approximate surface area is 134 Å². The minimum Gasteiger partial charge on any atom is -0.388 e. The predicted octanol–water partition coefficient (Wildman–Crippen LogP) is 3.00. The fourth-order valence-electron chi connectivity index (χ4n) is 1.78. The number of hydrogen-bond donors (Lipinski definition) is 2. The molecular formula is C19H28O3. The number of allylic oxidation sites excluding steroid dienone is 2. The first-order valence-electron chi connectivity index (χ1n) is 8.15. The molecule has 122 valence electrons. The summed E-state index contributed by atoms with van der Waals surface area (Å²) >= 11 is 0. The quantitative estimate of drug-likeness (QED) is 0.482. The average Bonchev–Trinajstić information content (AvgIpc) is 2.54. The van der Waals surface area contributed by atoms with Gasteiger partial charge in [-0.15, -0.1) is 0 Å². The summed E-state index contributed by atoms with van der Waals surface area (Å²) in [6.07, 6.45) is 11.0. The molecule has 22 heavy (non-hydrogen) atoms. The summed E-state index contributed by atoms with van der Waals surface area (Å²) < 4.78 is 0. The second-order valence-electron chi connectivity index (χ2n) is 5.17. The van der Waals surface area contributed by atoms with Gasteiger partial charge in [0, 0.05) is 12.8 Å². The molecule has 3 nitrogen and oxygen atoms in total. The topological polar surface area (TPSA) is 57.5 Å². The molecule has 0 fully saturated rings. The van der Waals surface area contributed by atoms with Crippen molar-refractivity contribution in [1.29, 1.82) is 0 Å². The highest BCUT2D eigenvalue weighted by Gasteiger charge is 2.12. The number of rotatable bonds is 10. The molecule has 0 aliphatic carbocycles. The second kappa shape index (κ2) is 15.8. The van der Waals surface area contributed by atoms with Gasteiger partial charge in [0.1, 0.15) is 12.7 Å². The van der Waals surface area contributed by atoms with E-state index >= 15 is 0 Å². The second-order valence-corrected chi connectivity index (χ2v) is 5.17. The van der Waals surface area contributed by atoms with E-state index in [1.54, 1.807) is 12.2 Å². The van der Waals surface area contributed by atoms with Gasteiger partial charge >= 0.3 is 0 Å². The van der Waals surface area contributed by atoms with E-state index in [1.807, 2.05) is 0 Å². The summed E-state index contributed by atoms with van der Waals surface area (Å²) in [5, 5.41) is 17.9. The van der Waals surface area contributed by atoms with Crippen LogP contribution in [0.3, 0.4) is 0 Å². The van der Waals surface area contributed by atoms with Crippen LogP contribution in [0.1, 0.15) is 64.7 Å². The fourth-order valence-corrected chi connectivity index (χ4v) is 1.78. The molecule has 2 N–H and O–H groups in total. The van der Waals surface area contributed by atoms with Gasteiger partial charge in [-0.25, -0.2) is 0 Å². The van der Waals surface area contributed by atoms with Crippen LogP contribution in [0.15, 0.2) is 12.2 Å². The van der Waals surface area contributed by atoms with Crippen LogP contribution in [0.2, 0.25) is 0 Å². The smallest absolute Gasteiger partial charge is 0.186 e. The van der Waals surface area contributed by atoms with Gasteiger partial charge in [-0.2, -0.15) is 0 Å². The van der Waals surface area contributed by atoms with E-state index in [4.69, 9.17) is 5.11 Å². The first-order valence-corrected chi connectivity index (χ1v) is 8.15. The van der Waals surface area contributed by atoms with Crippen LogP contribution < -0.4 is 0 Å². The van der Waals surface area contributed by atoms with Crippen LogP contribution in [0.25, 0.3) is 0 Å². The molecule has 1 atom stereocenters. The largest absolute Gasteiger partial charge is 0.388 e. The van der Waals surface area contributed by atoms with Crippen molar-refractivity contribution in [3.05, 3.63) is 12.2 Å². The zero-order valence-electron chi connectivity index (χ0n) is 13.6. The normalized spacial score (nSPS) is 11.4. The lowest BCUT2D eigenvalue weighted by Gasteiger charge is -2.06. The zero-order chi connectivity index (χ0) is 16.5. The SMILES string of the molecule is CCCCC#CC=CC#CCCCCCCC(O)C(=O)CO. The third kappa shape index (κ3) is 13.4. The molecule has 0 amide bonds. The molecule has 0 radical (unpaired) electrons.